The predicted octanol–water partition coefficient (Wildman–Crippen LogP) is 4.54. The Labute approximate surface area is 163 Å². The van der Waals surface area contributed by atoms with Gasteiger partial charge in [-0.3, -0.25) is 9.36 Å². The van der Waals surface area contributed by atoms with Crippen LogP contribution in [-0.4, -0.2) is 26.4 Å². The van der Waals surface area contributed by atoms with Gasteiger partial charge < -0.3 is 9.73 Å². The van der Waals surface area contributed by atoms with Crippen LogP contribution in [0.3, 0.4) is 0 Å². The summed E-state index contributed by atoms with van der Waals surface area (Å²) in [5.41, 5.74) is 3.06. The molecule has 0 aliphatic carbocycles. The lowest BCUT2D eigenvalue weighted by Gasteiger charge is -2.12. The fraction of sp³-hybridized carbons (Fsp3) is 0.350. The van der Waals surface area contributed by atoms with Crippen LogP contribution in [0.1, 0.15) is 25.0 Å². The summed E-state index contributed by atoms with van der Waals surface area (Å²) in [5, 5.41) is 12.2. The van der Waals surface area contributed by atoms with E-state index >= 15 is 0 Å². The summed E-state index contributed by atoms with van der Waals surface area (Å²) in [4.78, 5) is 12.4. The van der Waals surface area contributed by atoms with Crippen LogP contribution in [0, 0.1) is 19.8 Å². The Balaban J connectivity index is 1.70. The first kappa shape index (κ1) is 19.2. The Morgan fingerprint density at radius 1 is 1.26 bits per heavy atom. The van der Waals surface area contributed by atoms with Gasteiger partial charge in [0.05, 0.1) is 12.0 Å². The van der Waals surface area contributed by atoms with Gasteiger partial charge in [0.1, 0.15) is 0 Å². The van der Waals surface area contributed by atoms with Crippen LogP contribution in [-0.2, 0) is 11.3 Å². The van der Waals surface area contributed by atoms with E-state index < -0.39 is 0 Å². The van der Waals surface area contributed by atoms with Crippen LogP contribution in [0.25, 0.3) is 11.6 Å². The van der Waals surface area contributed by atoms with Crippen molar-refractivity contribution in [3.63, 3.8) is 0 Å². The van der Waals surface area contributed by atoms with Crippen LogP contribution in [0.5, 0.6) is 0 Å². The summed E-state index contributed by atoms with van der Waals surface area (Å²) in [5.74, 6) is 1.98. The first-order chi connectivity index (χ1) is 12.9. The van der Waals surface area contributed by atoms with Gasteiger partial charge in [0, 0.05) is 12.2 Å². The molecule has 6 nitrogen and oxygen atoms in total. The van der Waals surface area contributed by atoms with E-state index in [0.717, 1.165) is 17.8 Å². The number of aromatic nitrogens is 3. The number of carbonyl (C=O) groups is 1. The third-order valence-electron chi connectivity index (χ3n) is 3.99. The maximum absolute atomic E-state index is 12.4. The standard InChI is InChI=1S/C20H24N4O2S/c1-13(2)11-24-19(17-6-5-9-26-17)22-23-20(24)27-12-18(25)21-16-8-7-14(3)10-15(16)4/h5-10,13H,11-12H2,1-4H3,(H,21,25). The molecule has 142 valence electrons. The Hall–Kier alpha value is -2.54. The molecule has 1 amide bonds. The van der Waals surface area contributed by atoms with Crippen molar-refractivity contribution in [2.45, 2.75) is 39.4 Å². The van der Waals surface area contributed by atoms with Crippen molar-refractivity contribution < 1.29 is 9.21 Å². The summed E-state index contributed by atoms with van der Waals surface area (Å²) in [6.07, 6.45) is 1.62. The van der Waals surface area contributed by atoms with E-state index in [9.17, 15) is 4.79 Å². The molecule has 0 radical (unpaired) electrons. The summed E-state index contributed by atoms with van der Waals surface area (Å²) in [6.45, 7) is 9.04. The van der Waals surface area contributed by atoms with Crippen molar-refractivity contribution in [2.24, 2.45) is 5.92 Å². The van der Waals surface area contributed by atoms with Crippen molar-refractivity contribution in [2.75, 3.05) is 11.1 Å². The lowest BCUT2D eigenvalue weighted by atomic mass is 10.1. The molecule has 2 heterocycles. The van der Waals surface area contributed by atoms with Gasteiger partial charge in [0.25, 0.3) is 0 Å². The number of aryl methyl sites for hydroxylation is 2. The number of hydrogen-bond acceptors (Lipinski definition) is 5. The second kappa shape index (κ2) is 8.43. The molecule has 1 aromatic carbocycles. The molecule has 0 saturated carbocycles. The molecule has 27 heavy (non-hydrogen) atoms. The number of anilines is 1. The number of rotatable bonds is 7. The minimum Gasteiger partial charge on any atom is -0.461 e. The Morgan fingerprint density at radius 3 is 2.74 bits per heavy atom. The molecule has 1 N–H and O–H groups in total. The highest BCUT2D eigenvalue weighted by Crippen LogP contribution is 2.26. The predicted molar refractivity (Wildman–Crippen MR) is 108 cm³/mol. The maximum atomic E-state index is 12.4. The van der Waals surface area contributed by atoms with E-state index in [1.165, 1.54) is 17.3 Å². The van der Waals surface area contributed by atoms with Gasteiger partial charge in [-0.25, -0.2) is 0 Å². The average molecular weight is 385 g/mol. The molecule has 0 fully saturated rings. The molecule has 3 aromatic rings. The Morgan fingerprint density at radius 2 is 2.07 bits per heavy atom. The minimum atomic E-state index is -0.0643. The van der Waals surface area contributed by atoms with Crippen molar-refractivity contribution in [1.82, 2.24) is 14.8 Å². The molecule has 2 aromatic heterocycles. The zero-order valence-electron chi connectivity index (χ0n) is 16.0. The number of nitrogens with zero attached hydrogens (tertiary/aromatic N) is 3. The van der Waals surface area contributed by atoms with Crippen molar-refractivity contribution in [3.05, 3.63) is 47.7 Å². The molecule has 0 atom stereocenters. The fourth-order valence-electron chi connectivity index (χ4n) is 2.78. The third kappa shape index (κ3) is 4.80. The van der Waals surface area contributed by atoms with Crippen LogP contribution in [0.4, 0.5) is 5.69 Å². The quantitative estimate of drug-likeness (QED) is 0.605. The maximum Gasteiger partial charge on any atom is 0.234 e. The van der Waals surface area contributed by atoms with E-state index in [-0.39, 0.29) is 11.7 Å². The summed E-state index contributed by atoms with van der Waals surface area (Å²) in [6, 6.07) is 9.67. The normalized spacial score (nSPS) is 11.1. The van der Waals surface area contributed by atoms with Gasteiger partial charge in [-0.2, -0.15) is 0 Å². The van der Waals surface area contributed by atoms with E-state index in [4.69, 9.17) is 4.42 Å². The SMILES string of the molecule is Cc1ccc(NC(=O)CSc2nnc(-c3ccco3)n2CC(C)C)c(C)c1. The van der Waals surface area contributed by atoms with Crippen molar-refractivity contribution >= 4 is 23.4 Å². The number of benzene rings is 1. The van der Waals surface area contributed by atoms with E-state index in [2.05, 4.69) is 35.4 Å². The van der Waals surface area contributed by atoms with Crippen LogP contribution >= 0.6 is 11.8 Å². The minimum absolute atomic E-state index is 0.0643. The molecule has 7 heteroatoms. The van der Waals surface area contributed by atoms with Crippen LogP contribution < -0.4 is 5.32 Å². The van der Waals surface area contributed by atoms with Crippen molar-refractivity contribution in [1.29, 1.82) is 0 Å². The fourth-order valence-corrected chi connectivity index (χ4v) is 3.53. The molecular formula is C20H24N4O2S. The number of amides is 1. The highest BCUT2D eigenvalue weighted by molar-refractivity contribution is 7.99. The zero-order valence-corrected chi connectivity index (χ0v) is 16.8. The third-order valence-corrected chi connectivity index (χ3v) is 4.96. The first-order valence-corrected chi connectivity index (χ1v) is 9.89. The molecule has 0 aliphatic rings. The van der Waals surface area contributed by atoms with Gasteiger partial charge in [0.15, 0.2) is 16.7 Å². The summed E-state index contributed by atoms with van der Waals surface area (Å²) >= 11 is 1.38. The topological polar surface area (TPSA) is 73.0 Å². The number of thioether (sulfide) groups is 1. The molecule has 0 spiro atoms. The first-order valence-electron chi connectivity index (χ1n) is 8.91. The van der Waals surface area contributed by atoms with Gasteiger partial charge in [-0.05, 0) is 43.5 Å². The lowest BCUT2D eigenvalue weighted by molar-refractivity contribution is -0.113. The van der Waals surface area contributed by atoms with E-state index in [1.54, 1.807) is 6.26 Å². The molecule has 0 saturated heterocycles. The second-order valence-corrected chi connectivity index (χ2v) is 7.89. The monoisotopic (exact) mass is 384 g/mol. The Bertz CT molecular complexity index is 916. The van der Waals surface area contributed by atoms with Crippen molar-refractivity contribution in [3.8, 4) is 11.6 Å². The number of furan rings is 1. The van der Waals surface area contributed by atoms with E-state index in [1.807, 2.05) is 42.7 Å². The Kier molecular flexibility index (Phi) is 6.01. The number of carbonyl (C=O) groups excluding carboxylic acids is 1. The van der Waals surface area contributed by atoms with Gasteiger partial charge in [-0.15, -0.1) is 10.2 Å². The highest BCUT2D eigenvalue weighted by atomic mass is 32.2. The van der Waals surface area contributed by atoms with Gasteiger partial charge in [0.2, 0.25) is 5.91 Å². The van der Waals surface area contributed by atoms with Gasteiger partial charge in [-0.1, -0.05) is 43.3 Å². The molecule has 0 unspecified atom stereocenters. The molecule has 3 rings (SSSR count). The number of hydrogen-bond donors (Lipinski definition) is 1. The second-order valence-electron chi connectivity index (χ2n) is 6.94. The lowest BCUT2D eigenvalue weighted by Crippen LogP contribution is -2.16. The largest absolute Gasteiger partial charge is 0.461 e. The van der Waals surface area contributed by atoms with E-state index in [0.29, 0.717) is 22.7 Å². The number of nitrogens with one attached hydrogen (secondary N) is 1. The van der Waals surface area contributed by atoms with Crippen LogP contribution in [0.2, 0.25) is 0 Å². The molecule has 0 bridgehead atoms. The summed E-state index contributed by atoms with van der Waals surface area (Å²) in [7, 11) is 0. The van der Waals surface area contributed by atoms with Gasteiger partial charge >= 0.3 is 0 Å². The molecular weight excluding hydrogens is 360 g/mol. The summed E-state index contributed by atoms with van der Waals surface area (Å²) < 4.78 is 7.48. The average Bonchev–Trinajstić information content (AvgIpc) is 3.25. The highest BCUT2D eigenvalue weighted by Gasteiger charge is 2.18. The molecule has 0 aliphatic heterocycles. The smallest absolute Gasteiger partial charge is 0.234 e. The zero-order chi connectivity index (χ0) is 19.4. The van der Waals surface area contributed by atoms with Crippen LogP contribution in [0.15, 0.2) is 46.2 Å².